The maximum Gasteiger partial charge on any atom is 0.326 e. The number of hydrogen-bond acceptors (Lipinski definition) is 5. The molecule has 3 aliphatic rings. The van der Waals surface area contributed by atoms with Crippen LogP contribution in [-0.4, -0.2) is 72.8 Å². The average Bonchev–Trinajstić information content (AvgIpc) is 2.96. The molecule has 2 saturated heterocycles. The topological polar surface area (TPSA) is 90.0 Å². The number of benzene rings is 1. The highest BCUT2D eigenvalue weighted by Crippen LogP contribution is 2.38. The van der Waals surface area contributed by atoms with E-state index in [-0.39, 0.29) is 24.5 Å². The highest BCUT2D eigenvalue weighted by atomic mass is 32.2. The van der Waals surface area contributed by atoms with Gasteiger partial charge < -0.3 is 5.32 Å². The standard InChI is InChI=1S/C21H30N4O4S/c1-16-6-8-18(9-7-16)30(28,29)24-13-11-23(12-14-24)15-25-19(26)21(22-20(25)27)10-4-3-5-17(21)2/h6-9,17H,3-5,10-15H2,1-2H3,(H,22,27)/t17-,21+/m1/s1. The van der Waals surface area contributed by atoms with E-state index in [9.17, 15) is 18.0 Å². The van der Waals surface area contributed by atoms with Crippen molar-refractivity contribution < 1.29 is 18.0 Å². The first kappa shape index (κ1) is 21.3. The predicted octanol–water partition coefficient (Wildman–Crippen LogP) is 1.76. The highest BCUT2D eigenvalue weighted by Gasteiger charge is 2.55. The Morgan fingerprint density at radius 2 is 1.73 bits per heavy atom. The third-order valence-electron chi connectivity index (χ3n) is 6.83. The zero-order valence-corrected chi connectivity index (χ0v) is 18.5. The van der Waals surface area contributed by atoms with Crippen molar-refractivity contribution >= 4 is 22.0 Å². The Labute approximate surface area is 178 Å². The summed E-state index contributed by atoms with van der Waals surface area (Å²) in [6.45, 7) is 5.79. The number of nitrogens with zero attached hydrogens (tertiary/aromatic N) is 3. The second-order valence-electron chi connectivity index (χ2n) is 8.76. The van der Waals surface area contributed by atoms with Crippen LogP contribution in [0.5, 0.6) is 0 Å². The number of sulfonamides is 1. The van der Waals surface area contributed by atoms with Gasteiger partial charge in [0.05, 0.1) is 11.6 Å². The van der Waals surface area contributed by atoms with Crippen LogP contribution in [-0.2, 0) is 14.8 Å². The van der Waals surface area contributed by atoms with Crippen LogP contribution in [0.25, 0.3) is 0 Å². The van der Waals surface area contributed by atoms with Gasteiger partial charge in [0, 0.05) is 26.2 Å². The molecule has 1 aromatic rings. The quantitative estimate of drug-likeness (QED) is 0.730. The van der Waals surface area contributed by atoms with E-state index in [1.165, 1.54) is 9.21 Å². The summed E-state index contributed by atoms with van der Waals surface area (Å²) < 4.78 is 27.2. The van der Waals surface area contributed by atoms with Gasteiger partial charge in [0.15, 0.2) is 0 Å². The summed E-state index contributed by atoms with van der Waals surface area (Å²) in [5.41, 5.74) is 0.253. The van der Waals surface area contributed by atoms with Crippen molar-refractivity contribution in [2.24, 2.45) is 5.92 Å². The SMILES string of the molecule is Cc1ccc(S(=O)(=O)N2CCN(CN3C(=O)N[C@]4(CCCC[C@H]4C)C3=O)CC2)cc1. The number of imide groups is 1. The summed E-state index contributed by atoms with van der Waals surface area (Å²) in [5, 5.41) is 2.97. The maximum atomic E-state index is 13.1. The van der Waals surface area contributed by atoms with Gasteiger partial charge in [0.1, 0.15) is 5.54 Å². The van der Waals surface area contributed by atoms with Crippen molar-refractivity contribution in [2.75, 3.05) is 32.8 Å². The molecule has 3 amide bonds. The van der Waals surface area contributed by atoms with Gasteiger partial charge in [-0.15, -0.1) is 0 Å². The number of nitrogens with one attached hydrogen (secondary N) is 1. The Morgan fingerprint density at radius 1 is 1.07 bits per heavy atom. The number of carbonyl (C=O) groups excluding carboxylic acids is 2. The van der Waals surface area contributed by atoms with Crippen molar-refractivity contribution in [3.8, 4) is 0 Å². The normalized spacial score (nSPS) is 28.9. The minimum absolute atomic E-state index is 0.129. The molecule has 4 rings (SSSR count). The average molecular weight is 435 g/mol. The van der Waals surface area contributed by atoms with Crippen LogP contribution in [0.1, 0.15) is 38.2 Å². The summed E-state index contributed by atoms with van der Waals surface area (Å²) in [6, 6.07) is 6.53. The first-order valence-electron chi connectivity index (χ1n) is 10.7. The van der Waals surface area contributed by atoms with Gasteiger partial charge in [-0.25, -0.2) is 18.1 Å². The van der Waals surface area contributed by atoms with E-state index in [0.29, 0.717) is 37.5 Å². The van der Waals surface area contributed by atoms with Crippen molar-refractivity contribution in [3.05, 3.63) is 29.8 Å². The van der Waals surface area contributed by atoms with Gasteiger partial charge in [0.25, 0.3) is 5.91 Å². The zero-order valence-electron chi connectivity index (χ0n) is 17.6. The number of hydrogen-bond donors (Lipinski definition) is 1. The van der Waals surface area contributed by atoms with Gasteiger partial charge >= 0.3 is 6.03 Å². The molecule has 1 N–H and O–H groups in total. The predicted molar refractivity (Wildman–Crippen MR) is 112 cm³/mol. The van der Waals surface area contributed by atoms with E-state index >= 15 is 0 Å². The Hall–Kier alpha value is -1.97. The number of rotatable bonds is 4. The van der Waals surface area contributed by atoms with E-state index in [0.717, 1.165) is 24.8 Å². The first-order valence-corrected chi connectivity index (χ1v) is 12.1. The molecule has 2 heterocycles. The molecular weight excluding hydrogens is 404 g/mol. The first-order chi connectivity index (χ1) is 14.2. The molecule has 0 bridgehead atoms. The molecule has 3 fully saturated rings. The number of piperazine rings is 1. The molecule has 1 aromatic carbocycles. The second-order valence-corrected chi connectivity index (χ2v) is 10.7. The van der Waals surface area contributed by atoms with Crippen LogP contribution in [0, 0.1) is 12.8 Å². The number of carbonyl (C=O) groups is 2. The smallest absolute Gasteiger partial charge is 0.323 e. The summed E-state index contributed by atoms with van der Waals surface area (Å²) in [6.07, 6.45) is 3.66. The fourth-order valence-corrected chi connectivity index (χ4v) is 6.22. The van der Waals surface area contributed by atoms with Crippen LogP contribution in [0.15, 0.2) is 29.2 Å². The van der Waals surface area contributed by atoms with Crippen molar-refractivity contribution in [1.29, 1.82) is 0 Å². The third-order valence-corrected chi connectivity index (χ3v) is 8.75. The highest BCUT2D eigenvalue weighted by molar-refractivity contribution is 7.89. The van der Waals surface area contributed by atoms with Crippen LogP contribution in [0.2, 0.25) is 0 Å². The molecule has 1 spiro atoms. The Kier molecular flexibility index (Phi) is 5.63. The summed E-state index contributed by atoms with van der Waals surface area (Å²) >= 11 is 0. The lowest BCUT2D eigenvalue weighted by Gasteiger charge is -2.38. The van der Waals surface area contributed by atoms with Gasteiger partial charge in [-0.2, -0.15) is 4.31 Å². The lowest BCUT2D eigenvalue weighted by Crippen LogP contribution is -2.55. The molecule has 8 nitrogen and oxygen atoms in total. The fourth-order valence-electron chi connectivity index (χ4n) is 4.79. The number of amides is 3. The van der Waals surface area contributed by atoms with Crippen LogP contribution >= 0.6 is 0 Å². The minimum atomic E-state index is -3.53. The molecular formula is C21H30N4O4S. The zero-order chi connectivity index (χ0) is 21.5. The molecule has 0 radical (unpaired) electrons. The van der Waals surface area contributed by atoms with E-state index in [1.807, 2.05) is 18.7 Å². The molecule has 0 aromatic heterocycles. The van der Waals surface area contributed by atoms with Crippen molar-refractivity contribution in [1.82, 2.24) is 19.4 Å². The van der Waals surface area contributed by atoms with Crippen molar-refractivity contribution in [3.63, 3.8) is 0 Å². The minimum Gasteiger partial charge on any atom is -0.323 e. The summed E-state index contributed by atoms with van der Waals surface area (Å²) in [7, 11) is -3.53. The lowest BCUT2D eigenvalue weighted by atomic mass is 9.73. The molecule has 164 valence electrons. The van der Waals surface area contributed by atoms with Crippen LogP contribution in [0.4, 0.5) is 4.79 Å². The summed E-state index contributed by atoms with van der Waals surface area (Å²) in [5.74, 6) is -0.00129. The van der Waals surface area contributed by atoms with Gasteiger partial charge in [0.2, 0.25) is 10.0 Å². The maximum absolute atomic E-state index is 13.1. The lowest BCUT2D eigenvalue weighted by molar-refractivity contribution is -0.135. The molecule has 0 unspecified atom stereocenters. The number of urea groups is 1. The second kappa shape index (κ2) is 7.94. The van der Waals surface area contributed by atoms with E-state index in [2.05, 4.69) is 5.32 Å². The Bertz CT molecular complexity index is 925. The molecule has 2 atom stereocenters. The van der Waals surface area contributed by atoms with Crippen LogP contribution < -0.4 is 5.32 Å². The molecule has 9 heteroatoms. The van der Waals surface area contributed by atoms with Gasteiger partial charge in [-0.05, 0) is 37.8 Å². The Balaban J connectivity index is 1.39. The molecule has 30 heavy (non-hydrogen) atoms. The summed E-state index contributed by atoms with van der Waals surface area (Å²) in [4.78, 5) is 29.3. The van der Waals surface area contributed by atoms with Crippen molar-refractivity contribution in [2.45, 2.75) is 50.0 Å². The van der Waals surface area contributed by atoms with Crippen LogP contribution in [0.3, 0.4) is 0 Å². The van der Waals surface area contributed by atoms with E-state index in [1.54, 1.807) is 24.3 Å². The van der Waals surface area contributed by atoms with Gasteiger partial charge in [-0.3, -0.25) is 9.69 Å². The van der Waals surface area contributed by atoms with Gasteiger partial charge in [-0.1, -0.05) is 37.5 Å². The fraction of sp³-hybridized carbons (Fsp3) is 0.619. The van der Waals surface area contributed by atoms with E-state index in [4.69, 9.17) is 0 Å². The molecule has 1 saturated carbocycles. The Morgan fingerprint density at radius 3 is 2.37 bits per heavy atom. The monoisotopic (exact) mass is 434 g/mol. The largest absolute Gasteiger partial charge is 0.326 e. The third kappa shape index (κ3) is 3.63. The van der Waals surface area contributed by atoms with E-state index < -0.39 is 15.6 Å². The molecule has 2 aliphatic heterocycles. The molecule has 1 aliphatic carbocycles. The number of aryl methyl sites for hydroxylation is 1.